The van der Waals surface area contributed by atoms with E-state index in [4.69, 9.17) is 0 Å². The number of hydrogen-bond donors (Lipinski definition) is 0. The molecule has 214 valence electrons. The maximum absolute atomic E-state index is 10.9. The van der Waals surface area contributed by atoms with Crippen LogP contribution in [-0.2, 0) is 0 Å². The van der Waals surface area contributed by atoms with Gasteiger partial charge in [-0.25, -0.2) is 0 Å². The number of rotatable bonds is 4. The van der Waals surface area contributed by atoms with E-state index in [0.717, 1.165) is 55.7 Å². The summed E-state index contributed by atoms with van der Waals surface area (Å²) in [7, 11) is 0. The van der Waals surface area contributed by atoms with E-state index in [1.165, 1.54) is 21.5 Å². The molecule has 0 N–H and O–H groups in total. The Morgan fingerprint density at radius 2 is 0.870 bits per heavy atom. The molecule has 2 heterocycles. The summed E-state index contributed by atoms with van der Waals surface area (Å²) < 4.78 is 4.59. The summed E-state index contributed by atoms with van der Waals surface area (Å²) in [6, 6.07) is 60.1. The number of fused-ring (bicyclic) bond motifs is 6. The van der Waals surface area contributed by atoms with Crippen molar-refractivity contribution in [3.05, 3.63) is 169 Å². The number of hydrogen-bond acceptors (Lipinski definition) is 1. The summed E-state index contributed by atoms with van der Waals surface area (Å²) in [4.78, 5) is 0. The Kier molecular flexibility index (Phi) is 5.88. The van der Waals surface area contributed by atoms with Gasteiger partial charge in [0.15, 0.2) is 0 Å². The van der Waals surface area contributed by atoms with E-state index in [1.54, 1.807) is 0 Å². The number of nitrogens with zero attached hydrogens (tertiary/aromatic N) is 3. The van der Waals surface area contributed by atoms with Crippen LogP contribution in [0.4, 0.5) is 0 Å². The van der Waals surface area contributed by atoms with Gasteiger partial charge in [0.05, 0.1) is 33.3 Å². The summed E-state index contributed by atoms with van der Waals surface area (Å²) in [5.74, 6) is 0. The third kappa shape index (κ3) is 3.91. The molecule has 0 amide bonds. The fourth-order valence-electron chi connectivity index (χ4n) is 7.14. The van der Waals surface area contributed by atoms with Gasteiger partial charge in [-0.1, -0.05) is 115 Å². The fourth-order valence-corrected chi connectivity index (χ4v) is 7.14. The van der Waals surface area contributed by atoms with E-state index in [9.17, 15) is 5.26 Å². The van der Waals surface area contributed by atoms with Crippen molar-refractivity contribution < 1.29 is 0 Å². The topological polar surface area (TPSA) is 33.6 Å². The lowest BCUT2D eigenvalue weighted by Crippen LogP contribution is -2.01. The van der Waals surface area contributed by atoms with Gasteiger partial charge in [0.1, 0.15) is 6.07 Å². The molecule has 0 fully saturated rings. The molecule has 9 rings (SSSR count). The maximum Gasteiger partial charge on any atom is 0.102 e. The first-order valence-corrected chi connectivity index (χ1v) is 15.5. The number of aromatic nitrogens is 2. The predicted molar refractivity (Wildman–Crippen MR) is 191 cm³/mol. The van der Waals surface area contributed by atoms with Crippen LogP contribution in [0.15, 0.2) is 164 Å². The SMILES string of the molecule is N#Cc1c(-c2cccc(-n3c4ccccc4c4ccccc43)c2)cc(-c2ccccc2)cc1-n1c2ccccc2c2ccccc21. The van der Waals surface area contributed by atoms with Crippen LogP contribution in [0.1, 0.15) is 5.56 Å². The maximum atomic E-state index is 10.9. The summed E-state index contributed by atoms with van der Waals surface area (Å²) in [5, 5.41) is 15.7. The van der Waals surface area contributed by atoms with Gasteiger partial charge in [0, 0.05) is 32.8 Å². The lowest BCUT2D eigenvalue weighted by atomic mass is 9.93. The van der Waals surface area contributed by atoms with Crippen molar-refractivity contribution in [2.24, 2.45) is 0 Å². The van der Waals surface area contributed by atoms with Crippen molar-refractivity contribution in [3.8, 4) is 39.7 Å². The molecule has 0 aliphatic heterocycles. The zero-order chi connectivity index (χ0) is 30.6. The molecule has 0 saturated heterocycles. The van der Waals surface area contributed by atoms with Gasteiger partial charge >= 0.3 is 0 Å². The molecule has 3 heteroatoms. The monoisotopic (exact) mass is 585 g/mol. The van der Waals surface area contributed by atoms with E-state index in [2.05, 4.69) is 173 Å². The highest BCUT2D eigenvalue weighted by atomic mass is 15.0. The average Bonchev–Trinajstić information content (AvgIpc) is 3.65. The molecule has 0 spiro atoms. The zero-order valence-electron chi connectivity index (χ0n) is 24.9. The van der Waals surface area contributed by atoms with E-state index in [-0.39, 0.29) is 0 Å². The van der Waals surface area contributed by atoms with E-state index >= 15 is 0 Å². The van der Waals surface area contributed by atoms with Gasteiger partial charge in [-0.15, -0.1) is 0 Å². The standard InChI is InChI=1S/C43H27N3/c44-28-38-37(30-15-12-16-32(25-30)45-39-21-8-4-17-33(39)34-18-5-9-22-40(34)45)26-31(29-13-2-1-3-14-29)27-43(38)46-41-23-10-6-19-35(41)36-20-7-11-24-42(36)46/h1-27H. The van der Waals surface area contributed by atoms with Gasteiger partial charge in [0.2, 0.25) is 0 Å². The Bertz CT molecular complexity index is 2540. The van der Waals surface area contributed by atoms with Gasteiger partial charge in [-0.2, -0.15) is 5.26 Å². The molecule has 0 unspecified atom stereocenters. The summed E-state index contributed by atoms with van der Waals surface area (Å²) in [6.07, 6.45) is 0. The van der Waals surface area contributed by atoms with Crippen LogP contribution < -0.4 is 0 Å². The fraction of sp³-hybridized carbons (Fsp3) is 0. The van der Waals surface area contributed by atoms with Crippen molar-refractivity contribution in [3.63, 3.8) is 0 Å². The molecular weight excluding hydrogens is 558 g/mol. The van der Waals surface area contributed by atoms with E-state index < -0.39 is 0 Å². The second-order valence-corrected chi connectivity index (χ2v) is 11.7. The third-order valence-corrected chi connectivity index (χ3v) is 9.15. The normalized spacial score (nSPS) is 11.5. The van der Waals surface area contributed by atoms with Gasteiger partial charge in [0.25, 0.3) is 0 Å². The third-order valence-electron chi connectivity index (χ3n) is 9.15. The van der Waals surface area contributed by atoms with E-state index in [0.29, 0.717) is 5.56 Å². The molecule has 0 saturated carbocycles. The van der Waals surface area contributed by atoms with Gasteiger partial charge in [-0.05, 0) is 65.2 Å². The first kappa shape index (κ1) is 26.1. The quantitative estimate of drug-likeness (QED) is 0.202. The van der Waals surface area contributed by atoms with Crippen LogP contribution in [0.3, 0.4) is 0 Å². The van der Waals surface area contributed by atoms with Crippen LogP contribution in [0.25, 0.3) is 77.2 Å². The largest absolute Gasteiger partial charge is 0.309 e. The van der Waals surface area contributed by atoms with Crippen LogP contribution in [-0.4, -0.2) is 9.13 Å². The molecule has 9 aromatic rings. The van der Waals surface area contributed by atoms with Crippen molar-refractivity contribution in [2.75, 3.05) is 0 Å². The Morgan fingerprint density at radius 1 is 0.391 bits per heavy atom. The van der Waals surface area contributed by atoms with Gasteiger partial charge in [-0.3, -0.25) is 0 Å². The Labute approximate surface area is 266 Å². The molecule has 0 aliphatic rings. The summed E-state index contributed by atoms with van der Waals surface area (Å²) in [6.45, 7) is 0. The highest BCUT2D eigenvalue weighted by Gasteiger charge is 2.20. The molecule has 0 aliphatic carbocycles. The highest BCUT2D eigenvalue weighted by Crippen LogP contribution is 2.40. The number of para-hydroxylation sites is 4. The second kappa shape index (κ2) is 10.4. The number of benzene rings is 7. The van der Waals surface area contributed by atoms with Crippen LogP contribution >= 0.6 is 0 Å². The summed E-state index contributed by atoms with van der Waals surface area (Å²) >= 11 is 0. The molecule has 0 bridgehead atoms. The highest BCUT2D eigenvalue weighted by molar-refractivity contribution is 6.10. The zero-order valence-corrected chi connectivity index (χ0v) is 24.9. The Balaban J connectivity index is 1.35. The van der Waals surface area contributed by atoms with Crippen LogP contribution in [0.5, 0.6) is 0 Å². The van der Waals surface area contributed by atoms with Crippen molar-refractivity contribution >= 4 is 43.6 Å². The molecule has 46 heavy (non-hydrogen) atoms. The first-order valence-electron chi connectivity index (χ1n) is 15.5. The minimum atomic E-state index is 0.644. The lowest BCUT2D eigenvalue weighted by Gasteiger charge is -2.17. The molecular formula is C43H27N3. The molecule has 0 radical (unpaired) electrons. The Hall–Kier alpha value is -6.37. The molecule has 3 nitrogen and oxygen atoms in total. The van der Waals surface area contributed by atoms with E-state index in [1.807, 2.05) is 6.07 Å². The minimum absolute atomic E-state index is 0.644. The first-order chi connectivity index (χ1) is 22.8. The number of nitriles is 1. The molecule has 7 aromatic carbocycles. The second-order valence-electron chi connectivity index (χ2n) is 11.7. The predicted octanol–water partition coefficient (Wildman–Crippen LogP) is 11.1. The van der Waals surface area contributed by atoms with Gasteiger partial charge < -0.3 is 9.13 Å². The van der Waals surface area contributed by atoms with Crippen molar-refractivity contribution in [1.29, 1.82) is 5.26 Å². The van der Waals surface area contributed by atoms with Crippen molar-refractivity contribution in [1.82, 2.24) is 9.13 Å². The Morgan fingerprint density at radius 3 is 1.41 bits per heavy atom. The van der Waals surface area contributed by atoms with Crippen LogP contribution in [0, 0.1) is 11.3 Å². The molecule has 2 aromatic heterocycles. The molecule has 0 atom stereocenters. The average molecular weight is 586 g/mol. The summed E-state index contributed by atoms with van der Waals surface area (Å²) in [5.41, 5.74) is 11.1. The van der Waals surface area contributed by atoms with Crippen molar-refractivity contribution in [2.45, 2.75) is 0 Å². The minimum Gasteiger partial charge on any atom is -0.309 e. The lowest BCUT2D eigenvalue weighted by molar-refractivity contribution is 1.16. The smallest absolute Gasteiger partial charge is 0.102 e. The van der Waals surface area contributed by atoms with Crippen LogP contribution in [0.2, 0.25) is 0 Å².